The average molecular weight is 255 g/mol. The fourth-order valence-electron chi connectivity index (χ4n) is 1.89. The highest BCUT2D eigenvalue weighted by molar-refractivity contribution is 9.10. The summed E-state index contributed by atoms with van der Waals surface area (Å²) in [5.74, 6) is 0. The molecule has 0 aromatic carbocycles. The van der Waals surface area contributed by atoms with Crippen LogP contribution in [-0.2, 0) is 0 Å². The summed E-state index contributed by atoms with van der Waals surface area (Å²) in [7, 11) is 0. The molecule has 2 nitrogen and oxygen atoms in total. The highest BCUT2D eigenvalue weighted by Gasteiger charge is 2.34. The molecule has 1 aliphatic rings. The van der Waals surface area contributed by atoms with Gasteiger partial charge in [0, 0.05) is 13.1 Å². The van der Waals surface area contributed by atoms with Crippen molar-refractivity contribution in [3.63, 3.8) is 0 Å². The number of nitrogens with zero attached hydrogens (tertiary/aromatic N) is 2. The lowest BCUT2D eigenvalue weighted by molar-refractivity contribution is 0.276. The molecule has 0 amide bonds. The van der Waals surface area contributed by atoms with Gasteiger partial charge in [-0.25, -0.2) is 4.98 Å². The Balaban J connectivity index is 2.16. The van der Waals surface area contributed by atoms with Crippen LogP contribution in [0, 0.1) is 12.3 Å². The maximum Gasteiger partial charge on any atom is 0.109 e. The molecule has 1 fully saturated rings. The molecule has 0 spiro atoms. The van der Waals surface area contributed by atoms with Crippen molar-refractivity contribution >= 4 is 21.6 Å². The predicted molar refractivity (Wildman–Crippen MR) is 62.7 cm³/mol. The molecular weight excluding hydrogens is 240 g/mol. The van der Waals surface area contributed by atoms with Gasteiger partial charge < -0.3 is 4.90 Å². The summed E-state index contributed by atoms with van der Waals surface area (Å²) in [5, 5.41) is 0. The van der Waals surface area contributed by atoms with Crippen LogP contribution < -0.4 is 4.90 Å². The third-order valence-electron chi connectivity index (χ3n) is 2.60. The molecular formula is C11H15BrN2. The first-order valence-corrected chi connectivity index (χ1v) is 5.64. The number of pyridine rings is 1. The lowest BCUT2D eigenvalue weighted by Crippen LogP contribution is -2.53. The Bertz CT molecular complexity index is 352. The van der Waals surface area contributed by atoms with Crippen LogP contribution in [0.4, 0.5) is 5.69 Å². The summed E-state index contributed by atoms with van der Waals surface area (Å²) in [4.78, 5) is 6.67. The van der Waals surface area contributed by atoms with Crippen molar-refractivity contribution in [3.8, 4) is 0 Å². The summed E-state index contributed by atoms with van der Waals surface area (Å²) in [6.07, 6.45) is 1.94. The zero-order valence-corrected chi connectivity index (χ0v) is 10.4. The van der Waals surface area contributed by atoms with Gasteiger partial charge in [0.05, 0.1) is 11.9 Å². The zero-order valence-electron chi connectivity index (χ0n) is 8.84. The summed E-state index contributed by atoms with van der Waals surface area (Å²) in [6.45, 7) is 8.93. The number of hydrogen-bond acceptors (Lipinski definition) is 2. The fraction of sp³-hybridized carbons (Fsp3) is 0.545. The van der Waals surface area contributed by atoms with Crippen LogP contribution in [0.25, 0.3) is 0 Å². The third kappa shape index (κ3) is 1.78. The highest BCUT2D eigenvalue weighted by Crippen LogP contribution is 2.33. The van der Waals surface area contributed by atoms with Gasteiger partial charge in [0.15, 0.2) is 0 Å². The van der Waals surface area contributed by atoms with Crippen molar-refractivity contribution in [2.75, 3.05) is 18.0 Å². The Hall–Kier alpha value is -0.570. The van der Waals surface area contributed by atoms with Crippen molar-refractivity contribution in [3.05, 3.63) is 22.4 Å². The molecule has 3 heteroatoms. The number of aryl methyl sites for hydroxylation is 1. The number of anilines is 1. The second kappa shape index (κ2) is 3.23. The molecule has 0 radical (unpaired) electrons. The minimum absolute atomic E-state index is 0.473. The number of rotatable bonds is 1. The van der Waals surface area contributed by atoms with E-state index in [1.165, 1.54) is 11.3 Å². The zero-order chi connectivity index (χ0) is 10.3. The molecule has 2 rings (SSSR count). The topological polar surface area (TPSA) is 16.1 Å². The van der Waals surface area contributed by atoms with Gasteiger partial charge in [-0.3, -0.25) is 0 Å². The van der Waals surface area contributed by atoms with Gasteiger partial charge in [0.1, 0.15) is 4.60 Å². The molecule has 2 heterocycles. The molecule has 0 unspecified atom stereocenters. The molecule has 0 bridgehead atoms. The second-order valence-electron chi connectivity index (χ2n) is 4.82. The smallest absolute Gasteiger partial charge is 0.109 e. The molecule has 76 valence electrons. The van der Waals surface area contributed by atoms with Gasteiger partial charge in [0.25, 0.3) is 0 Å². The molecule has 1 aliphatic heterocycles. The molecule has 0 aliphatic carbocycles. The van der Waals surface area contributed by atoms with Crippen molar-refractivity contribution in [2.24, 2.45) is 5.41 Å². The molecule has 0 saturated carbocycles. The Morgan fingerprint density at radius 3 is 2.57 bits per heavy atom. The van der Waals surface area contributed by atoms with E-state index in [9.17, 15) is 0 Å². The minimum Gasteiger partial charge on any atom is -0.369 e. The summed E-state index contributed by atoms with van der Waals surface area (Å²) in [5.41, 5.74) is 2.92. The van der Waals surface area contributed by atoms with E-state index in [4.69, 9.17) is 0 Å². The van der Waals surface area contributed by atoms with Gasteiger partial charge in [-0.15, -0.1) is 0 Å². The summed E-state index contributed by atoms with van der Waals surface area (Å²) < 4.78 is 0.945. The largest absolute Gasteiger partial charge is 0.369 e. The highest BCUT2D eigenvalue weighted by atomic mass is 79.9. The Labute approximate surface area is 93.5 Å². The Morgan fingerprint density at radius 1 is 1.43 bits per heavy atom. The predicted octanol–water partition coefficient (Wildman–Crippen LogP) is 3.00. The van der Waals surface area contributed by atoms with Crippen molar-refractivity contribution < 1.29 is 0 Å². The van der Waals surface area contributed by atoms with Crippen LogP contribution in [0.5, 0.6) is 0 Å². The Morgan fingerprint density at radius 2 is 2.07 bits per heavy atom. The average Bonchev–Trinajstić information content (AvgIpc) is 2.06. The van der Waals surface area contributed by atoms with Gasteiger partial charge in [-0.1, -0.05) is 13.8 Å². The van der Waals surface area contributed by atoms with Gasteiger partial charge in [0.2, 0.25) is 0 Å². The molecule has 14 heavy (non-hydrogen) atoms. The quantitative estimate of drug-likeness (QED) is 0.717. The summed E-state index contributed by atoms with van der Waals surface area (Å²) in [6, 6.07) is 2.19. The van der Waals surface area contributed by atoms with Crippen LogP contribution in [-0.4, -0.2) is 18.1 Å². The van der Waals surface area contributed by atoms with Gasteiger partial charge in [-0.05, 0) is 39.9 Å². The van der Waals surface area contributed by atoms with E-state index >= 15 is 0 Å². The summed E-state index contributed by atoms with van der Waals surface area (Å²) >= 11 is 3.41. The minimum atomic E-state index is 0.473. The molecule has 0 atom stereocenters. The van der Waals surface area contributed by atoms with Gasteiger partial charge >= 0.3 is 0 Å². The van der Waals surface area contributed by atoms with Crippen LogP contribution >= 0.6 is 15.9 Å². The van der Waals surface area contributed by atoms with E-state index in [0.717, 1.165) is 17.7 Å². The first kappa shape index (κ1) is 9.97. The SMILES string of the molecule is Cc1cc(N2CC(C)(C)C2)cnc1Br. The monoisotopic (exact) mass is 254 g/mol. The van der Waals surface area contributed by atoms with E-state index in [1.54, 1.807) is 0 Å². The second-order valence-corrected chi connectivity index (χ2v) is 5.57. The molecule has 1 aromatic heterocycles. The molecule has 1 saturated heterocycles. The number of hydrogen-bond donors (Lipinski definition) is 0. The van der Waals surface area contributed by atoms with E-state index < -0.39 is 0 Å². The first-order valence-electron chi connectivity index (χ1n) is 4.85. The van der Waals surface area contributed by atoms with Crippen molar-refractivity contribution in [1.29, 1.82) is 0 Å². The molecule has 1 aromatic rings. The van der Waals surface area contributed by atoms with Gasteiger partial charge in [-0.2, -0.15) is 0 Å². The van der Waals surface area contributed by atoms with Crippen LogP contribution in [0.1, 0.15) is 19.4 Å². The van der Waals surface area contributed by atoms with E-state index in [2.05, 4.69) is 52.7 Å². The molecule has 0 N–H and O–H groups in total. The van der Waals surface area contributed by atoms with Crippen LogP contribution in [0.3, 0.4) is 0 Å². The standard InChI is InChI=1S/C11H15BrN2/c1-8-4-9(5-13-10(8)12)14-6-11(2,3)7-14/h4-5H,6-7H2,1-3H3. The fourth-order valence-corrected chi connectivity index (χ4v) is 2.10. The van der Waals surface area contributed by atoms with Crippen molar-refractivity contribution in [2.45, 2.75) is 20.8 Å². The van der Waals surface area contributed by atoms with Crippen LogP contribution in [0.2, 0.25) is 0 Å². The maximum absolute atomic E-state index is 4.30. The Kier molecular flexibility index (Phi) is 2.30. The first-order chi connectivity index (χ1) is 6.48. The van der Waals surface area contributed by atoms with E-state index in [0.29, 0.717) is 5.41 Å². The lowest BCUT2D eigenvalue weighted by atomic mass is 9.84. The van der Waals surface area contributed by atoms with E-state index in [-0.39, 0.29) is 0 Å². The third-order valence-corrected chi connectivity index (χ3v) is 3.43. The van der Waals surface area contributed by atoms with E-state index in [1.807, 2.05) is 6.20 Å². The number of aromatic nitrogens is 1. The van der Waals surface area contributed by atoms with Crippen LogP contribution in [0.15, 0.2) is 16.9 Å². The lowest BCUT2D eigenvalue weighted by Gasteiger charge is -2.47. The number of halogens is 1. The normalized spacial score (nSPS) is 19.3. The van der Waals surface area contributed by atoms with Crippen molar-refractivity contribution in [1.82, 2.24) is 4.98 Å². The maximum atomic E-state index is 4.30.